The normalized spacial score (nSPS) is 21.9. The first-order valence-electron chi connectivity index (χ1n) is 6.53. The lowest BCUT2D eigenvalue weighted by molar-refractivity contribution is -0.118. The van der Waals surface area contributed by atoms with Crippen molar-refractivity contribution in [2.45, 2.75) is 19.0 Å². The smallest absolute Gasteiger partial charge is 0.231 e. The zero-order chi connectivity index (χ0) is 13.8. The molecule has 0 aliphatic heterocycles. The summed E-state index contributed by atoms with van der Waals surface area (Å²) >= 11 is 0. The van der Waals surface area contributed by atoms with Gasteiger partial charge in [0.1, 0.15) is 0 Å². The summed E-state index contributed by atoms with van der Waals surface area (Å²) in [4.78, 5) is 14.1. The van der Waals surface area contributed by atoms with E-state index in [2.05, 4.69) is 10.2 Å². The molecule has 0 fully saturated rings. The number of nitrogens with one attached hydrogen (secondary N) is 1. The van der Waals surface area contributed by atoms with Crippen LogP contribution in [0.25, 0.3) is 0 Å². The molecule has 0 radical (unpaired) electrons. The monoisotopic (exact) mass is 259 g/mol. The number of nitrogens with zero attached hydrogens (tertiary/aromatic N) is 1. The van der Waals surface area contributed by atoms with Crippen LogP contribution in [0.4, 0.5) is 5.69 Å². The Balaban J connectivity index is 1.92. The molecule has 19 heavy (non-hydrogen) atoms. The highest BCUT2D eigenvalue weighted by molar-refractivity contribution is 5.94. The van der Waals surface area contributed by atoms with Crippen LogP contribution in [0.3, 0.4) is 0 Å². The van der Waals surface area contributed by atoms with E-state index in [1.165, 1.54) is 5.56 Å². The highest BCUT2D eigenvalue weighted by atomic mass is 16.1. The van der Waals surface area contributed by atoms with Crippen LogP contribution in [-0.2, 0) is 11.3 Å². The molecular weight excluding hydrogens is 238 g/mol. The maximum Gasteiger partial charge on any atom is 0.231 e. The molecule has 0 spiro atoms. The first-order valence-corrected chi connectivity index (χ1v) is 6.53. The minimum Gasteiger partial charge on any atom is -0.326 e. The SMILES string of the molecule is CN(C)Cc1ccc(NC(=O)C2C=CC(N)C2)cc1. The van der Waals surface area contributed by atoms with E-state index in [1.807, 2.05) is 50.5 Å². The van der Waals surface area contributed by atoms with Crippen LogP contribution in [-0.4, -0.2) is 30.9 Å². The molecule has 0 aromatic heterocycles. The summed E-state index contributed by atoms with van der Waals surface area (Å²) in [5.41, 5.74) is 7.81. The second-order valence-corrected chi connectivity index (χ2v) is 5.31. The fraction of sp³-hybridized carbons (Fsp3) is 0.400. The number of hydrogen-bond acceptors (Lipinski definition) is 3. The fourth-order valence-corrected chi connectivity index (χ4v) is 2.22. The van der Waals surface area contributed by atoms with E-state index in [9.17, 15) is 4.79 Å². The van der Waals surface area contributed by atoms with Gasteiger partial charge in [0.2, 0.25) is 5.91 Å². The fourth-order valence-electron chi connectivity index (χ4n) is 2.22. The number of hydrogen-bond donors (Lipinski definition) is 2. The molecule has 0 bridgehead atoms. The third-order valence-electron chi connectivity index (χ3n) is 3.17. The van der Waals surface area contributed by atoms with E-state index in [0.717, 1.165) is 12.2 Å². The van der Waals surface area contributed by atoms with E-state index in [-0.39, 0.29) is 17.9 Å². The topological polar surface area (TPSA) is 58.4 Å². The van der Waals surface area contributed by atoms with E-state index >= 15 is 0 Å². The lowest BCUT2D eigenvalue weighted by atomic mass is 10.1. The van der Waals surface area contributed by atoms with Crippen LogP contribution < -0.4 is 11.1 Å². The predicted molar refractivity (Wildman–Crippen MR) is 77.7 cm³/mol. The molecule has 1 amide bonds. The zero-order valence-electron chi connectivity index (χ0n) is 11.5. The summed E-state index contributed by atoms with van der Waals surface area (Å²) in [6.07, 6.45) is 4.48. The summed E-state index contributed by atoms with van der Waals surface area (Å²) < 4.78 is 0. The molecular formula is C15H21N3O. The molecule has 0 saturated carbocycles. The minimum absolute atomic E-state index is 0.0122. The van der Waals surface area contributed by atoms with Gasteiger partial charge in [-0.2, -0.15) is 0 Å². The van der Waals surface area contributed by atoms with E-state index in [0.29, 0.717) is 6.42 Å². The first-order chi connectivity index (χ1) is 9.04. The average Bonchev–Trinajstić information content (AvgIpc) is 2.78. The summed E-state index contributed by atoms with van der Waals surface area (Å²) in [5, 5.41) is 2.93. The minimum atomic E-state index is -0.101. The lowest BCUT2D eigenvalue weighted by Gasteiger charge is -2.12. The molecule has 2 unspecified atom stereocenters. The van der Waals surface area contributed by atoms with Crippen LogP contribution in [0, 0.1) is 5.92 Å². The Kier molecular flexibility index (Phi) is 4.35. The average molecular weight is 259 g/mol. The van der Waals surface area contributed by atoms with Gasteiger partial charge in [-0.15, -0.1) is 0 Å². The van der Waals surface area contributed by atoms with Gasteiger partial charge in [0, 0.05) is 18.3 Å². The van der Waals surface area contributed by atoms with Crippen LogP contribution in [0.2, 0.25) is 0 Å². The zero-order valence-corrected chi connectivity index (χ0v) is 11.5. The molecule has 0 saturated heterocycles. The molecule has 0 heterocycles. The summed E-state index contributed by atoms with van der Waals surface area (Å²) in [6, 6.07) is 7.96. The van der Waals surface area contributed by atoms with E-state index < -0.39 is 0 Å². The van der Waals surface area contributed by atoms with Gasteiger partial charge in [0.25, 0.3) is 0 Å². The Labute approximate surface area is 114 Å². The van der Waals surface area contributed by atoms with Gasteiger partial charge in [0.15, 0.2) is 0 Å². The van der Waals surface area contributed by atoms with Gasteiger partial charge in [-0.05, 0) is 38.2 Å². The van der Waals surface area contributed by atoms with E-state index in [1.54, 1.807) is 0 Å². The van der Waals surface area contributed by atoms with Crippen LogP contribution in [0.5, 0.6) is 0 Å². The second-order valence-electron chi connectivity index (χ2n) is 5.31. The first kappa shape index (κ1) is 13.8. The maximum atomic E-state index is 12.0. The highest BCUT2D eigenvalue weighted by Crippen LogP contribution is 2.19. The van der Waals surface area contributed by atoms with Crippen molar-refractivity contribution in [3.8, 4) is 0 Å². The molecule has 1 aromatic rings. The molecule has 1 aliphatic rings. The molecule has 102 valence electrons. The van der Waals surface area contributed by atoms with Crippen molar-refractivity contribution in [2.24, 2.45) is 11.7 Å². The van der Waals surface area contributed by atoms with Crippen molar-refractivity contribution in [3.05, 3.63) is 42.0 Å². The Hall–Kier alpha value is -1.65. The number of anilines is 1. The molecule has 2 rings (SSSR count). The van der Waals surface area contributed by atoms with Crippen molar-refractivity contribution in [3.63, 3.8) is 0 Å². The number of amides is 1. The largest absolute Gasteiger partial charge is 0.326 e. The Morgan fingerprint density at radius 1 is 1.32 bits per heavy atom. The van der Waals surface area contributed by atoms with Gasteiger partial charge in [-0.1, -0.05) is 24.3 Å². The van der Waals surface area contributed by atoms with Gasteiger partial charge < -0.3 is 16.0 Å². The van der Waals surface area contributed by atoms with Crippen molar-refractivity contribution >= 4 is 11.6 Å². The molecule has 1 aliphatic carbocycles. The lowest BCUT2D eigenvalue weighted by Crippen LogP contribution is -2.24. The number of rotatable bonds is 4. The predicted octanol–water partition coefficient (Wildman–Crippen LogP) is 1.59. The standard InChI is InChI=1S/C15H21N3O/c1-18(2)10-11-3-7-14(8-4-11)17-15(19)12-5-6-13(16)9-12/h3-8,12-13H,9-10,16H2,1-2H3,(H,17,19). The molecule has 1 aromatic carbocycles. The maximum absolute atomic E-state index is 12.0. The Morgan fingerprint density at radius 2 is 2.00 bits per heavy atom. The number of carbonyl (C=O) groups excluding carboxylic acids is 1. The van der Waals surface area contributed by atoms with Crippen LogP contribution >= 0.6 is 0 Å². The third kappa shape index (κ3) is 3.91. The van der Waals surface area contributed by atoms with Crippen molar-refractivity contribution in [1.82, 2.24) is 4.90 Å². The summed E-state index contributed by atoms with van der Waals surface area (Å²) in [6.45, 7) is 0.897. The van der Waals surface area contributed by atoms with E-state index in [4.69, 9.17) is 5.73 Å². The van der Waals surface area contributed by atoms with Crippen molar-refractivity contribution in [1.29, 1.82) is 0 Å². The second kappa shape index (κ2) is 5.99. The quantitative estimate of drug-likeness (QED) is 0.807. The Morgan fingerprint density at radius 3 is 2.53 bits per heavy atom. The molecule has 4 heteroatoms. The summed E-state index contributed by atoms with van der Waals surface area (Å²) in [7, 11) is 4.07. The van der Waals surface area contributed by atoms with Gasteiger partial charge >= 0.3 is 0 Å². The molecule has 4 nitrogen and oxygen atoms in total. The molecule has 3 N–H and O–H groups in total. The Bertz CT molecular complexity index is 465. The van der Waals surface area contributed by atoms with Crippen LogP contribution in [0.15, 0.2) is 36.4 Å². The molecule has 2 atom stereocenters. The van der Waals surface area contributed by atoms with Crippen molar-refractivity contribution < 1.29 is 4.79 Å². The van der Waals surface area contributed by atoms with Gasteiger partial charge in [0.05, 0.1) is 5.92 Å². The van der Waals surface area contributed by atoms with Gasteiger partial charge in [-0.25, -0.2) is 0 Å². The van der Waals surface area contributed by atoms with Crippen LogP contribution in [0.1, 0.15) is 12.0 Å². The van der Waals surface area contributed by atoms with Gasteiger partial charge in [-0.3, -0.25) is 4.79 Å². The number of carbonyl (C=O) groups is 1. The van der Waals surface area contributed by atoms with Crippen molar-refractivity contribution in [2.75, 3.05) is 19.4 Å². The highest BCUT2D eigenvalue weighted by Gasteiger charge is 2.22. The number of nitrogens with two attached hydrogens (primary N) is 1. The summed E-state index contributed by atoms with van der Waals surface area (Å²) in [5.74, 6) is -0.0824. The third-order valence-corrected chi connectivity index (χ3v) is 3.17. The number of benzene rings is 1.